The van der Waals surface area contributed by atoms with E-state index in [1.54, 1.807) is 12.0 Å². The zero-order valence-electron chi connectivity index (χ0n) is 11.4. The van der Waals surface area contributed by atoms with Crippen molar-refractivity contribution >= 4 is 12.0 Å². The molecule has 1 aliphatic carbocycles. The third kappa shape index (κ3) is 3.83. The van der Waals surface area contributed by atoms with Crippen LogP contribution in [0, 0.1) is 5.92 Å². The molecular weight excluding hydrogens is 248 g/mol. The fraction of sp³-hybridized carbons (Fsp3) is 0.846. The molecule has 1 heterocycles. The monoisotopic (exact) mass is 270 g/mol. The summed E-state index contributed by atoms with van der Waals surface area (Å²) in [5, 5.41) is 8.91. The molecule has 1 N–H and O–H groups in total. The van der Waals surface area contributed by atoms with E-state index in [1.807, 2.05) is 0 Å². The lowest BCUT2D eigenvalue weighted by molar-refractivity contribution is -0.137. The number of aliphatic carboxylic acids is 1. The van der Waals surface area contributed by atoms with Crippen molar-refractivity contribution in [3.8, 4) is 0 Å². The fourth-order valence-electron chi connectivity index (χ4n) is 2.68. The summed E-state index contributed by atoms with van der Waals surface area (Å²) >= 11 is 0. The molecule has 2 amide bonds. The highest BCUT2D eigenvalue weighted by atomic mass is 16.5. The molecule has 0 radical (unpaired) electrons. The summed E-state index contributed by atoms with van der Waals surface area (Å²) < 4.78 is 5.15. The number of rotatable bonds is 5. The minimum atomic E-state index is -0.939. The summed E-state index contributed by atoms with van der Waals surface area (Å²) in [5.41, 5.74) is 0. The molecule has 2 rings (SSSR count). The van der Waals surface area contributed by atoms with Gasteiger partial charge in [0, 0.05) is 32.2 Å². The maximum atomic E-state index is 12.4. The molecular formula is C13H22N2O4. The van der Waals surface area contributed by atoms with Gasteiger partial charge in [-0.2, -0.15) is 0 Å². The molecule has 1 unspecified atom stereocenters. The maximum Gasteiger partial charge on any atom is 0.323 e. The summed E-state index contributed by atoms with van der Waals surface area (Å²) in [4.78, 5) is 26.6. The number of carbonyl (C=O) groups excluding carboxylic acids is 1. The predicted octanol–water partition coefficient (Wildman–Crippen LogP) is 1.01. The Hall–Kier alpha value is -1.30. The van der Waals surface area contributed by atoms with Gasteiger partial charge >= 0.3 is 12.0 Å². The molecule has 0 aromatic heterocycles. The van der Waals surface area contributed by atoms with Crippen LogP contribution in [0.3, 0.4) is 0 Å². The summed E-state index contributed by atoms with van der Waals surface area (Å²) in [6.07, 6.45) is 3.88. The van der Waals surface area contributed by atoms with Crippen molar-refractivity contribution in [2.75, 3.05) is 33.4 Å². The van der Waals surface area contributed by atoms with Crippen LogP contribution in [0.1, 0.15) is 25.7 Å². The minimum absolute atomic E-state index is 0.120. The topological polar surface area (TPSA) is 70.1 Å². The van der Waals surface area contributed by atoms with E-state index in [2.05, 4.69) is 0 Å². The smallest absolute Gasteiger partial charge is 0.323 e. The molecule has 1 atom stereocenters. The van der Waals surface area contributed by atoms with Crippen LogP contribution >= 0.6 is 0 Å². The number of amides is 2. The zero-order chi connectivity index (χ0) is 13.8. The SMILES string of the molecule is COCC1CCCN(C(=O)N(CC(=O)O)C2CC2)C1. The lowest BCUT2D eigenvalue weighted by Crippen LogP contribution is -2.50. The number of ether oxygens (including phenoxy) is 1. The van der Waals surface area contributed by atoms with Gasteiger partial charge < -0.3 is 19.6 Å². The Balaban J connectivity index is 1.94. The van der Waals surface area contributed by atoms with Crippen LogP contribution in [0.2, 0.25) is 0 Å². The zero-order valence-corrected chi connectivity index (χ0v) is 11.4. The van der Waals surface area contributed by atoms with Crippen molar-refractivity contribution in [3.05, 3.63) is 0 Å². The van der Waals surface area contributed by atoms with Gasteiger partial charge in [0.2, 0.25) is 0 Å². The number of urea groups is 1. The third-order valence-corrected chi connectivity index (χ3v) is 3.73. The number of methoxy groups -OCH3 is 1. The van der Waals surface area contributed by atoms with E-state index in [-0.39, 0.29) is 18.6 Å². The van der Waals surface area contributed by atoms with E-state index in [0.717, 1.165) is 32.2 Å². The van der Waals surface area contributed by atoms with Crippen molar-refractivity contribution in [2.24, 2.45) is 5.92 Å². The summed E-state index contributed by atoms with van der Waals surface area (Å²) in [6, 6.07) is 0.0112. The Morgan fingerprint density at radius 3 is 2.68 bits per heavy atom. The molecule has 0 spiro atoms. The maximum absolute atomic E-state index is 12.4. The predicted molar refractivity (Wildman–Crippen MR) is 68.9 cm³/mol. The van der Waals surface area contributed by atoms with Crippen molar-refractivity contribution in [1.82, 2.24) is 9.80 Å². The van der Waals surface area contributed by atoms with Gasteiger partial charge in [0.25, 0.3) is 0 Å². The number of carbonyl (C=O) groups is 2. The first-order valence-electron chi connectivity index (χ1n) is 6.88. The first-order valence-corrected chi connectivity index (χ1v) is 6.88. The van der Waals surface area contributed by atoms with E-state index < -0.39 is 5.97 Å². The van der Waals surface area contributed by atoms with E-state index in [0.29, 0.717) is 19.1 Å². The van der Waals surface area contributed by atoms with Gasteiger partial charge in [0.05, 0.1) is 6.61 Å². The highest BCUT2D eigenvalue weighted by Gasteiger charge is 2.37. The van der Waals surface area contributed by atoms with Crippen LogP contribution in [0.15, 0.2) is 0 Å². The lowest BCUT2D eigenvalue weighted by Gasteiger charge is -2.36. The summed E-state index contributed by atoms with van der Waals surface area (Å²) in [6.45, 7) is 1.87. The number of hydrogen-bond donors (Lipinski definition) is 1. The Kier molecular flexibility index (Phi) is 4.63. The molecule has 0 bridgehead atoms. The van der Waals surface area contributed by atoms with Gasteiger partial charge in [0.1, 0.15) is 6.54 Å². The number of carboxylic acid groups (broad SMARTS) is 1. The molecule has 1 saturated heterocycles. The first kappa shape index (κ1) is 14.1. The first-order chi connectivity index (χ1) is 9.11. The standard InChI is InChI=1S/C13H22N2O4/c1-19-9-10-3-2-6-14(7-10)13(18)15(8-12(16)17)11-4-5-11/h10-11H,2-9H2,1H3,(H,16,17). The average molecular weight is 270 g/mol. The molecule has 0 aromatic rings. The molecule has 19 heavy (non-hydrogen) atoms. The molecule has 1 aliphatic heterocycles. The molecule has 6 heteroatoms. The number of piperidine rings is 1. The molecule has 6 nitrogen and oxygen atoms in total. The van der Waals surface area contributed by atoms with Gasteiger partial charge in [-0.3, -0.25) is 4.79 Å². The van der Waals surface area contributed by atoms with Gasteiger partial charge in [-0.05, 0) is 25.7 Å². The Morgan fingerprint density at radius 1 is 1.37 bits per heavy atom. The molecule has 2 aliphatic rings. The van der Waals surface area contributed by atoms with Crippen molar-refractivity contribution in [3.63, 3.8) is 0 Å². The molecule has 1 saturated carbocycles. The van der Waals surface area contributed by atoms with Gasteiger partial charge in [-0.25, -0.2) is 4.79 Å². The number of hydrogen-bond acceptors (Lipinski definition) is 3. The van der Waals surface area contributed by atoms with Crippen molar-refractivity contribution in [1.29, 1.82) is 0 Å². The van der Waals surface area contributed by atoms with Crippen LogP contribution in [0.25, 0.3) is 0 Å². The van der Waals surface area contributed by atoms with E-state index in [4.69, 9.17) is 9.84 Å². The van der Waals surface area contributed by atoms with Crippen LogP contribution in [0.4, 0.5) is 4.79 Å². The highest BCUT2D eigenvalue weighted by Crippen LogP contribution is 2.28. The van der Waals surface area contributed by atoms with Crippen LogP contribution in [-0.2, 0) is 9.53 Å². The van der Waals surface area contributed by atoms with E-state index in [1.165, 1.54) is 4.90 Å². The van der Waals surface area contributed by atoms with Crippen LogP contribution < -0.4 is 0 Å². The van der Waals surface area contributed by atoms with E-state index in [9.17, 15) is 9.59 Å². The largest absolute Gasteiger partial charge is 0.480 e. The van der Waals surface area contributed by atoms with Crippen LogP contribution in [0.5, 0.6) is 0 Å². The number of carboxylic acids is 1. The Labute approximate surface area is 113 Å². The van der Waals surface area contributed by atoms with E-state index >= 15 is 0 Å². The molecule has 0 aromatic carbocycles. The second kappa shape index (κ2) is 6.23. The van der Waals surface area contributed by atoms with Gasteiger partial charge in [-0.1, -0.05) is 0 Å². The number of likely N-dealkylation sites (tertiary alicyclic amines) is 1. The third-order valence-electron chi connectivity index (χ3n) is 3.73. The second-order valence-corrected chi connectivity index (χ2v) is 5.44. The van der Waals surface area contributed by atoms with Crippen LogP contribution in [-0.4, -0.2) is 66.3 Å². The van der Waals surface area contributed by atoms with Gasteiger partial charge in [0.15, 0.2) is 0 Å². The summed E-state index contributed by atoms with van der Waals surface area (Å²) in [7, 11) is 1.67. The molecule has 108 valence electrons. The minimum Gasteiger partial charge on any atom is -0.480 e. The van der Waals surface area contributed by atoms with Gasteiger partial charge in [-0.15, -0.1) is 0 Å². The van der Waals surface area contributed by atoms with Crippen molar-refractivity contribution < 1.29 is 19.4 Å². The van der Waals surface area contributed by atoms with Crippen molar-refractivity contribution in [2.45, 2.75) is 31.7 Å². The summed E-state index contributed by atoms with van der Waals surface area (Å²) in [5.74, 6) is -0.570. The second-order valence-electron chi connectivity index (χ2n) is 5.44. The Morgan fingerprint density at radius 2 is 2.11 bits per heavy atom. The fourth-order valence-corrected chi connectivity index (χ4v) is 2.68. The Bertz CT molecular complexity index is 342. The molecule has 2 fully saturated rings. The lowest BCUT2D eigenvalue weighted by atomic mass is 9.99. The normalized spacial score (nSPS) is 23.2. The quantitative estimate of drug-likeness (QED) is 0.809. The average Bonchev–Trinajstić information content (AvgIpc) is 3.20. The number of nitrogens with zero attached hydrogens (tertiary/aromatic N) is 2. The highest BCUT2D eigenvalue weighted by molar-refractivity contribution is 5.80.